The fourth-order valence-corrected chi connectivity index (χ4v) is 1.42. The molecule has 0 saturated heterocycles. The number of rotatable bonds is 4. The van der Waals surface area contributed by atoms with E-state index in [4.69, 9.17) is 9.84 Å². The Morgan fingerprint density at radius 1 is 1.37 bits per heavy atom. The summed E-state index contributed by atoms with van der Waals surface area (Å²) in [7, 11) is 0. The Bertz CT molecular complexity index is 627. The lowest BCUT2D eigenvalue weighted by atomic mass is 10.2. The predicted molar refractivity (Wildman–Crippen MR) is 64.4 cm³/mol. The minimum absolute atomic E-state index is 0.0195. The van der Waals surface area contributed by atoms with Crippen molar-refractivity contribution in [2.24, 2.45) is 0 Å². The van der Waals surface area contributed by atoms with Crippen molar-refractivity contribution in [3.63, 3.8) is 0 Å². The molecular formula is C12H8N2O5. The van der Waals surface area contributed by atoms with E-state index in [1.165, 1.54) is 18.3 Å². The summed E-state index contributed by atoms with van der Waals surface area (Å²) in [5.41, 5.74) is -0.589. The number of nitrogens with zero attached hydrogens (tertiary/aromatic N) is 2. The van der Waals surface area contributed by atoms with Crippen LogP contribution < -0.4 is 4.74 Å². The van der Waals surface area contributed by atoms with Crippen LogP contribution in [0, 0.1) is 10.1 Å². The number of nitro benzene ring substituents is 1. The molecule has 7 nitrogen and oxygen atoms in total. The zero-order chi connectivity index (χ0) is 13.8. The summed E-state index contributed by atoms with van der Waals surface area (Å²) < 4.78 is 5.34. The molecule has 2 rings (SSSR count). The maximum atomic E-state index is 11.1. The van der Waals surface area contributed by atoms with E-state index < -0.39 is 10.9 Å². The molecule has 0 aliphatic rings. The van der Waals surface area contributed by atoms with Crippen LogP contribution in [0.15, 0.2) is 42.7 Å². The van der Waals surface area contributed by atoms with Gasteiger partial charge in [0, 0.05) is 18.3 Å². The van der Waals surface area contributed by atoms with E-state index in [9.17, 15) is 14.9 Å². The fourth-order valence-electron chi connectivity index (χ4n) is 1.42. The zero-order valence-electron chi connectivity index (χ0n) is 9.52. The Morgan fingerprint density at radius 3 is 2.74 bits per heavy atom. The first-order chi connectivity index (χ1) is 9.08. The highest BCUT2D eigenvalue weighted by Gasteiger charge is 2.17. The number of hydrogen-bond acceptors (Lipinski definition) is 5. The molecule has 0 spiro atoms. The van der Waals surface area contributed by atoms with Gasteiger partial charge in [0.1, 0.15) is 17.1 Å². The molecule has 19 heavy (non-hydrogen) atoms. The van der Waals surface area contributed by atoms with Gasteiger partial charge < -0.3 is 9.84 Å². The Hall–Kier alpha value is -2.96. The average molecular weight is 260 g/mol. The smallest absolute Gasteiger partial charge is 0.339 e. The Morgan fingerprint density at radius 2 is 2.16 bits per heavy atom. The first-order valence-corrected chi connectivity index (χ1v) is 5.17. The van der Waals surface area contributed by atoms with Crippen LogP contribution >= 0.6 is 0 Å². The normalized spacial score (nSPS) is 9.89. The lowest BCUT2D eigenvalue weighted by Crippen LogP contribution is -2.01. The molecule has 0 aliphatic heterocycles. The topological polar surface area (TPSA) is 103 Å². The minimum atomic E-state index is -1.30. The molecule has 1 aromatic carbocycles. The second-order valence-electron chi connectivity index (χ2n) is 3.53. The van der Waals surface area contributed by atoms with Crippen molar-refractivity contribution in [1.29, 1.82) is 0 Å². The van der Waals surface area contributed by atoms with Crippen molar-refractivity contribution in [3.8, 4) is 11.5 Å². The van der Waals surface area contributed by atoms with Crippen LogP contribution in [0.3, 0.4) is 0 Å². The van der Waals surface area contributed by atoms with Gasteiger partial charge in [0.05, 0.1) is 11.1 Å². The minimum Gasteiger partial charge on any atom is -0.478 e. The first-order valence-electron chi connectivity index (χ1n) is 5.17. The molecule has 0 aliphatic carbocycles. The number of ether oxygens (including phenoxy) is 1. The molecule has 0 saturated carbocycles. The van der Waals surface area contributed by atoms with Crippen LogP contribution in [0.4, 0.5) is 5.69 Å². The van der Waals surface area contributed by atoms with Gasteiger partial charge in [-0.25, -0.2) is 4.79 Å². The van der Waals surface area contributed by atoms with Gasteiger partial charge in [-0.15, -0.1) is 0 Å². The predicted octanol–water partition coefficient (Wildman–Crippen LogP) is 2.48. The van der Waals surface area contributed by atoms with E-state index >= 15 is 0 Å². The van der Waals surface area contributed by atoms with Gasteiger partial charge >= 0.3 is 5.97 Å². The van der Waals surface area contributed by atoms with Gasteiger partial charge in [0.15, 0.2) is 0 Å². The number of non-ortho nitro benzene ring substituents is 1. The third-order valence-corrected chi connectivity index (χ3v) is 2.27. The van der Waals surface area contributed by atoms with E-state index in [1.54, 1.807) is 18.3 Å². The number of carboxylic acid groups (broad SMARTS) is 1. The highest BCUT2D eigenvalue weighted by atomic mass is 16.6. The van der Waals surface area contributed by atoms with Gasteiger partial charge in [-0.1, -0.05) is 0 Å². The molecule has 1 heterocycles. The number of pyridine rings is 1. The number of nitro groups is 1. The lowest BCUT2D eigenvalue weighted by Gasteiger charge is -2.07. The summed E-state index contributed by atoms with van der Waals surface area (Å²) in [6.45, 7) is 0. The van der Waals surface area contributed by atoms with Crippen LogP contribution in [0.25, 0.3) is 0 Å². The molecule has 0 fully saturated rings. The number of carboxylic acids is 1. The standard InChI is InChI=1S/C12H8N2O5/c15-12(16)10-6-8(14(17)18)3-4-11(10)19-9-2-1-5-13-7-9/h1-7H,(H,15,16). The average Bonchev–Trinajstić information content (AvgIpc) is 2.39. The van der Waals surface area contributed by atoms with Gasteiger partial charge in [0.2, 0.25) is 0 Å². The number of aromatic carboxylic acids is 1. The Labute approximate surface area is 107 Å². The molecule has 1 N–H and O–H groups in total. The lowest BCUT2D eigenvalue weighted by molar-refractivity contribution is -0.384. The number of carbonyl (C=O) groups is 1. The monoisotopic (exact) mass is 260 g/mol. The third-order valence-electron chi connectivity index (χ3n) is 2.27. The molecule has 0 unspecified atom stereocenters. The van der Waals surface area contributed by atoms with E-state index in [-0.39, 0.29) is 17.0 Å². The quantitative estimate of drug-likeness (QED) is 0.669. The number of aromatic nitrogens is 1. The Kier molecular flexibility index (Phi) is 3.37. The molecule has 96 valence electrons. The first kappa shape index (κ1) is 12.5. The van der Waals surface area contributed by atoms with E-state index in [0.29, 0.717) is 5.75 Å². The van der Waals surface area contributed by atoms with Crippen LogP contribution in [0.2, 0.25) is 0 Å². The van der Waals surface area contributed by atoms with Crippen molar-refractivity contribution in [3.05, 3.63) is 58.4 Å². The third kappa shape index (κ3) is 2.83. The second kappa shape index (κ2) is 5.13. The van der Waals surface area contributed by atoms with Crippen LogP contribution in [0.5, 0.6) is 11.5 Å². The molecule has 0 amide bonds. The fraction of sp³-hybridized carbons (Fsp3) is 0. The number of benzene rings is 1. The largest absolute Gasteiger partial charge is 0.478 e. The second-order valence-corrected chi connectivity index (χ2v) is 3.53. The summed E-state index contributed by atoms with van der Waals surface area (Å²) in [4.78, 5) is 24.8. The Balaban J connectivity index is 2.40. The number of hydrogen-bond donors (Lipinski definition) is 1. The van der Waals surface area contributed by atoms with Gasteiger partial charge in [0.25, 0.3) is 5.69 Å². The van der Waals surface area contributed by atoms with Gasteiger partial charge in [-0.2, -0.15) is 0 Å². The molecular weight excluding hydrogens is 252 g/mol. The highest BCUT2D eigenvalue weighted by Crippen LogP contribution is 2.28. The summed E-state index contributed by atoms with van der Waals surface area (Å²) in [5, 5.41) is 19.6. The molecule has 7 heteroatoms. The molecule has 0 atom stereocenters. The molecule has 1 aromatic heterocycles. The zero-order valence-corrected chi connectivity index (χ0v) is 9.52. The van der Waals surface area contributed by atoms with E-state index in [0.717, 1.165) is 6.07 Å². The van der Waals surface area contributed by atoms with Gasteiger partial charge in [-0.3, -0.25) is 15.1 Å². The van der Waals surface area contributed by atoms with E-state index in [1.807, 2.05) is 0 Å². The summed E-state index contributed by atoms with van der Waals surface area (Å²) in [6, 6.07) is 6.60. The summed E-state index contributed by atoms with van der Waals surface area (Å²) in [5.74, 6) is -0.937. The van der Waals surface area contributed by atoms with Crippen molar-refractivity contribution >= 4 is 11.7 Å². The molecule has 0 radical (unpaired) electrons. The highest BCUT2D eigenvalue weighted by molar-refractivity contribution is 5.91. The van der Waals surface area contributed by atoms with Crippen molar-refractivity contribution in [2.45, 2.75) is 0 Å². The van der Waals surface area contributed by atoms with Crippen LogP contribution in [-0.4, -0.2) is 21.0 Å². The molecule has 0 bridgehead atoms. The van der Waals surface area contributed by atoms with Crippen LogP contribution in [0.1, 0.15) is 10.4 Å². The van der Waals surface area contributed by atoms with Crippen molar-refractivity contribution in [2.75, 3.05) is 0 Å². The van der Waals surface area contributed by atoms with E-state index in [2.05, 4.69) is 4.98 Å². The molecule has 2 aromatic rings. The van der Waals surface area contributed by atoms with Gasteiger partial charge in [-0.05, 0) is 18.2 Å². The summed E-state index contributed by atoms with van der Waals surface area (Å²) >= 11 is 0. The SMILES string of the molecule is O=C(O)c1cc([N+](=O)[O-])ccc1Oc1cccnc1. The van der Waals surface area contributed by atoms with Crippen molar-refractivity contribution in [1.82, 2.24) is 4.98 Å². The maximum Gasteiger partial charge on any atom is 0.339 e. The van der Waals surface area contributed by atoms with Crippen molar-refractivity contribution < 1.29 is 19.6 Å². The maximum absolute atomic E-state index is 11.1. The summed E-state index contributed by atoms with van der Waals surface area (Å²) in [6.07, 6.45) is 2.95. The van der Waals surface area contributed by atoms with Crippen LogP contribution in [-0.2, 0) is 0 Å².